The third kappa shape index (κ3) is 7.71. The molecular formula is C18H28N2O7. The zero-order chi connectivity index (χ0) is 20.2. The van der Waals surface area contributed by atoms with E-state index in [9.17, 15) is 9.59 Å². The van der Waals surface area contributed by atoms with Crippen molar-refractivity contribution in [1.82, 2.24) is 10.2 Å². The second kappa shape index (κ2) is 12.0. The minimum Gasteiger partial charge on any atom is -0.493 e. The van der Waals surface area contributed by atoms with Gasteiger partial charge in [0.1, 0.15) is 0 Å². The molecule has 9 nitrogen and oxygen atoms in total. The molecule has 27 heavy (non-hydrogen) atoms. The highest BCUT2D eigenvalue weighted by Crippen LogP contribution is 2.40. The van der Waals surface area contributed by atoms with Gasteiger partial charge in [-0.25, -0.2) is 0 Å². The average Bonchev–Trinajstić information content (AvgIpc) is 2.67. The summed E-state index contributed by atoms with van der Waals surface area (Å²) < 4.78 is 16.2. The fourth-order valence-corrected chi connectivity index (χ4v) is 2.61. The van der Waals surface area contributed by atoms with Crippen LogP contribution in [0.5, 0.6) is 17.2 Å². The van der Waals surface area contributed by atoms with Crippen LogP contribution in [0.3, 0.4) is 0 Å². The third-order valence-electron chi connectivity index (χ3n) is 3.94. The van der Waals surface area contributed by atoms with Gasteiger partial charge < -0.3 is 29.7 Å². The van der Waals surface area contributed by atoms with Gasteiger partial charge >= 0.3 is 11.9 Å². The van der Waals surface area contributed by atoms with Gasteiger partial charge in [0.05, 0.1) is 34.2 Å². The maximum Gasteiger partial charge on any atom is 0.303 e. The Morgan fingerprint density at radius 2 is 1.52 bits per heavy atom. The second-order valence-corrected chi connectivity index (χ2v) is 5.81. The molecule has 3 N–H and O–H groups in total. The summed E-state index contributed by atoms with van der Waals surface area (Å²) in [6.07, 6.45) is -0.593. The van der Waals surface area contributed by atoms with E-state index in [-0.39, 0.29) is 12.8 Å². The lowest BCUT2D eigenvalue weighted by Gasteiger charge is -2.28. The molecule has 2 rings (SSSR count). The van der Waals surface area contributed by atoms with Gasteiger partial charge in [-0.15, -0.1) is 0 Å². The number of hydrogen-bond donors (Lipinski definition) is 3. The SMILES string of the molecule is COc1ccc(CN2CCNCC2)c(OC)c1OC.O=C(O)CCC(=O)O. The van der Waals surface area contributed by atoms with Crippen LogP contribution in [0.2, 0.25) is 0 Å². The molecule has 0 amide bonds. The summed E-state index contributed by atoms with van der Waals surface area (Å²) in [6, 6.07) is 3.97. The van der Waals surface area contributed by atoms with Crippen LogP contribution in [0, 0.1) is 0 Å². The van der Waals surface area contributed by atoms with Gasteiger partial charge in [-0.05, 0) is 6.07 Å². The molecule has 1 heterocycles. The van der Waals surface area contributed by atoms with E-state index in [1.807, 2.05) is 12.1 Å². The molecule has 0 unspecified atom stereocenters. The number of carbonyl (C=O) groups is 2. The van der Waals surface area contributed by atoms with E-state index in [2.05, 4.69) is 10.2 Å². The first-order valence-electron chi connectivity index (χ1n) is 8.57. The zero-order valence-corrected chi connectivity index (χ0v) is 16.0. The molecule has 0 bridgehead atoms. The smallest absolute Gasteiger partial charge is 0.303 e. The summed E-state index contributed by atoms with van der Waals surface area (Å²) >= 11 is 0. The minimum absolute atomic E-state index is 0.296. The molecule has 1 saturated heterocycles. The van der Waals surface area contributed by atoms with Crippen LogP contribution in [0.1, 0.15) is 18.4 Å². The van der Waals surface area contributed by atoms with E-state index in [0.717, 1.165) is 44.0 Å². The fourth-order valence-electron chi connectivity index (χ4n) is 2.61. The van der Waals surface area contributed by atoms with Crippen molar-refractivity contribution in [3.05, 3.63) is 17.7 Å². The third-order valence-corrected chi connectivity index (χ3v) is 3.94. The zero-order valence-electron chi connectivity index (χ0n) is 16.0. The highest BCUT2D eigenvalue weighted by atomic mass is 16.5. The molecule has 1 aliphatic rings. The van der Waals surface area contributed by atoms with Gasteiger partial charge in [0.15, 0.2) is 11.5 Å². The predicted octanol–water partition coefficient (Wildman–Crippen LogP) is 1.05. The molecule has 0 radical (unpaired) electrons. The summed E-state index contributed by atoms with van der Waals surface area (Å²) in [5.74, 6) is -0.0266. The number of aliphatic carboxylic acids is 2. The van der Waals surface area contributed by atoms with Crippen molar-refractivity contribution in [3.63, 3.8) is 0 Å². The molecule has 0 spiro atoms. The lowest BCUT2D eigenvalue weighted by Crippen LogP contribution is -2.42. The van der Waals surface area contributed by atoms with Gasteiger partial charge in [0, 0.05) is 38.3 Å². The van der Waals surface area contributed by atoms with Gasteiger partial charge in [-0.3, -0.25) is 14.5 Å². The Kier molecular flexibility index (Phi) is 9.99. The monoisotopic (exact) mass is 384 g/mol. The van der Waals surface area contributed by atoms with Crippen LogP contribution < -0.4 is 19.5 Å². The molecule has 0 atom stereocenters. The molecule has 0 aromatic heterocycles. The summed E-state index contributed by atoms with van der Waals surface area (Å²) in [6.45, 7) is 5.05. The number of carboxylic acids is 2. The number of benzene rings is 1. The molecule has 1 fully saturated rings. The molecule has 1 aliphatic heterocycles. The summed E-state index contributed by atoms with van der Waals surface area (Å²) in [4.78, 5) is 21.7. The number of carboxylic acid groups (broad SMARTS) is 2. The van der Waals surface area contributed by atoms with Crippen LogP contribution in [0.15, 0.2) is 12.1 Å². The summed E-state index contributed by atoms with van der Waals surface area (Å²) in [7, 11) is 4.93. The van der Waals surface area contributed by atoms with Crippen molar-refractivity contribution in [2.75, 3.05) is 47.5 Å². The van der Waals surface area contributed by atoms with E-state index in [1.54, 1.807) is 21.3 Å². The molecule has 1 aromatic carbocycles. The fraction of sp³-hybridized carbons (Fsp3) is 0.556. The van der Waals surface area contributed by atoms with Crippen molar-refractivity contribution in [2.45, 2.75) is 19.4 Å². The highest BCUT2D eigenvalue weighted by Gasteiger charge is 2.18. The quantitative estimate of drug-likeness (QED) is 0.604. The Morgan fingerprint density at radius 3 is 1.96 bits per heavy atom. The average molecular weight is 384 g/mol. The molecule has 0 aliphatic carbocycles. The Bertz CT molecular complexity index is 602. The summed E-state index contributed by atoms with van der Waals surface area (Å²) in [5.41, 5.74) is 1.13. The molecule has 9 heteroatoms. The van der Waals surface area contributed by atoms with Crippen molar-refractivity contribution in [2.24, 2.45) is 0 Å². The number of methoxy groups -OCH3 is 3. The number of rotatable bonds is 8. The Hall–Kier alpha value is -2.52. The van der Waals surface area contributed by atoms with E-state index >= 15 is 0 Å². The topological polar surface area (TPSA) is 118 Å². The lowest BCUT2D eigenvalue weighted by atomic mass is 10.1. The van der Waals surface area contributed by atoms with Crippen molar-refractivity contribution < 1.29 is 34.0 Å². The molecule has 152 valence electrons. The molecule has 0 saturated carbocycles. The predicted molar refractivity (Wildman–Crippen MR) is 98.8 cm³/mol. The Morgan fingerprint density at radius 1 is 0.963 bits per heavy atom. The first-order chi connectivity index (χ1) is 12.9. The first-order valence-corrected chi connectivity index (χ1v) is 8.57. The number of piperazine rings is 1. The maximum absolute atomic E-state index is 9.64. The van der Waals surface area contributed by atoms with Crippen molar-refractivity contribution in [1.29, 1.82) is 0 Å². The number of nitrogens with one attached hydrogen (secondary N) is 1. The van der Waals surface area contributed by atoms with Crippen LogP contribution in [-0.4, -0.2) is 74.6 Å². The van der Waals surface area contributed by atoms with Gasteiger partial charge in [-0.1, -0.05) is 6.07 Å². The lowest BCUT2D eigenvalue weighted by molar-refractivity contribution is -0.143. The van der Waals surface area contributed by atoms with E-state index < -0.39 is 11.9 Å². The number of nitrogens with zero attached hydrogens (tertiary/aromatic N) is 1. The normalized spacial score (nSPS) is 13.9. The van der Waals surface area contributed by atoms with Crippen molar-refractivity contribution in [3.8, 4) is 17.2 Å². The van der Waals surface area contributed by atoms with Crippen LogP contribution in [0.4, 0.5) is 0 Å². The summed E-state index contributed by atoms with van der Waals surface area (Å²) in [5, 5.41) is 19.2. The highest BCUT2D eigenvalue weighted by molar-refractivity contribution is 5.75. The Balaban J connectivity index is 0.000000387. The number of hydrogen-bond acceptors (Lipinski definition) is 7. The maximum atomic E-state index is 9.64. The molecular weight excluding hydrogens is 356 g/mol. The van der Waals surface area contributed by atoms with Gasteiger partial charge in [0.2, 0.25) is 5.75 Å². The van der Waals surface area contributed by atoms with Crippen LogP contribution >= 0.6 is 0 Å². The molecule has 1 aromatic rings. The standard InChI is InChI=1S/C14H22N2O3.C4H6O4/c1-17-12-5-4-11(13(18-2)14(12)19-3)10-16-8-6-15-7-9-16;5-3(6)1-2-4(7)8/h4-5,15H,6-10H2,1-3H3;1-2H2,(H,5,6)(H,7,8). The van der Waals surface area contributed by atoms with E-state index in [4.69, 9.17) is 24.4 Å². The van der Waals surface area contributed by atoms with Gasteiger partial charge in [0.25, 0.3) is 0 Å². The van der Waals surface area contributed by atoms with Crippen LogP contribution in [-0.2, 0) is 16.1 Å². The first kappa shape index (κ1) is 22.5. The largest absolute Gasteiger partial charge is 0.493 e. The second-order valence-electron chi connectivity index (χ2n) is 5.81. The minimum atomic E-state index is -1.08. The Labute approximate surface area is 158 Å². The van der Waals surface area contributed by atoms with E-state index in [1.165, 1.54) is 0 Å². The van der Waals surface area contributed by atoms with Crippen LogP contribution in [0.25, 0.3) is 0 Å². The van der Waals surface area contributed by atoms with Crippen molar-refractivity contribution >= 4 is 11.9 Å². The number of ether oxygens (including phenoxy) is 3. The van der Waals surface area contributed by atoms with E-state index in [0.29, 0.717) is 11.5 Å². The van der Waals surface area contributed by atoms with Gasteiger partial charge in [-0.2, -0.15) is 0 Å².